The molecule has 0 spiro atoms. The molecule has 0 saturated carbocycles. The van der Waals surface area contributed by atoms with Gasteiger partial charge < -0.3 is 10.4 Å². The molecule has 8 heteroatoms. The Labute approximate surface area is 129 Å². The van der Waals surface area contributed by atoms with E-state index in [9.17, 15) is 23.1 Å². The van der Waals surface area contributed by atoms with Crippen LogP contribution in [0.1, 0.15) is 12.5 Å². The van der Waals surface area contributed by atoms with Gasteiger partial charge in [0.2, 0.25) is 5.60 Å². The molecule has 1 aromatic rings. The molecule has 0 aromatic heterocycles. The van der Waals surface area contributed by atoms with E-state index in [-0.39, 0.29) is 5.69 Å². The van der Waals surface area contributed by atoms with Crippen molar-refractivity contribution in [1.82, 2.24) is 0 Å². The van der Waals surface area contributed by atoms with Crippen LogP contribution in [0.4, 0.5) is 18.9 Å². The molecule has 2 N–H and O–H groups in total. The van der Waals surface area contributed by atoms with E-state index in [0.717, 1.165) is 3.57 Å². The van der Waals surface area contributed by atoms with Gasteiger partial charge in [0.1, 0.15) is 0 Å². The van der Waals surface area contributed by atoms with Crippen molar-refractivity contribution in [2.24, 2.45) is 0 Å². The molecule has 0 saturated heterocycles. The van der Waals surface area contributed by atoms with Crippen LogP contribution in [0.3, 0.4) is 0 Å². The lowest BCUT2D eigenvalue weighted by molar-refractivity contribution is -0.242. The second-order valence-electron chi connectivity index (χ2n) is 4.06. The zero-order valence-corrected chi connectivity index (χ0v) is 13.6. The van der Waals surface area contributed by atoms with E-state index in [1.807, 2.05) is 22.6 Å². The Kier molecular flexibility index (Phi) is 4.89. The summed E-state index contributed by atoms with van der Waals surface area (Å²) in [4.78, 5) is 11.5. The smallest absolute Gasteiger partial charge is 0.373 e. The maximum Gasteiger partial charge on any atom is 0.426 e. The molecular weight excluding hydrogens is 442 g/mol. The zero-order valence-electron chi connectivity index (χ0n) is 9.90. The maximum atomic E-state index is 12.5. The third-order valence-corrected chi connectivity index (χ3v) is 5.24. The molecular formula is C11H10BrF3INO2. The standard InChI is InChI=1S/C11H10BrF3INO2/c1-5-7(4-3-6(16)8(5)12)17-9(18)10(2,19)11(13,14)15/h3-4,19H,1-2H3,(H,17,18). The SMILES string of the molecule is Cc1c(NC(=O)C(C)(O)C(F)(F)F)ccc(I)c1Br. The fourth-order valence-electron chi connectivity index (χ4n) is 1.16. The molecule has 1 atom stereocenters. The van der Waals surface area contributed by atoms with Gasteiger partial charge in [-0.15, -0.1) is 0 Å². The highest BCUT2D eigenvalue weighted by atomic mass is 127. The fourth-order valence-corrected chi connectivity index (χ4v) is 2.09. The summed E-state index contributed by atoms with van der Waals surface area (Å²) in [5.74, 6) is -1.52. The number of benzene rings is 1. The summed E-state index contributed by atoms with van der Waals surface area (Å²) in [5.41, 5.74) is -2.64. The van der Waals surface area contributed by atoms with Crippen LogP contribution >= 0.6 is 38.5 Å². The van der Waals surface area contributed by atoms with Crippen molar-refractivity contribution >= 4 is 50.1 Å². The first-order chi connectivity index (χ1) is 8.48. The van der Waals surface area contributed by atoms with Gasteiger partial charge in [-0.05, 0) is 70.1 Å². The largest absolute Gasteiger partial charge is 0.426 e. The van der Waals surface area contributed by atoms with Gasteiger partial charge in [0.25, 0.3) is 5.91 Å². The van der Waals surface area contributed by atoms with Crippen molar-refractivity contribution in [1.29, 1.82) is 0 Å². The number of carbonyl (C=O) groups excluding carboxylic acids is 1. The monoisotopic (exact) mass is 451 g/mol. The number of amides is 1. The summed E-state index contributed by atoms with van der Waals surface area (Å²) in [6, 6.07) is 3.11. The summed E-state index contributed by atoms with van der Waals surface area (Å²) < 4.78 is 39.1. The fraction of sp³-hybridized carbons (Fsp3) is 0.364. The lowest BCUT2D eigenvalue weighted by Gasteiger charge is -2.25. The van der Waals surface area contributed by atoms with E-state index in [1.165, 1.54) is 6.07 Å². The molecule has 1 unspecified atom stereocenters. The third-order valence-electron chi connectivity index (χ3n) is 2.58. The predicted octanol–water partition coefficient (Wildman–Crippen LogP) is 3.61. The summed E-state index contributed by atoms with van der Waals surface area (Å²) in [5, 5.41) is 11.3. The van der Waals surface area contributed by atoms with E-state index < -0.39 is 17.7 Å². The minimum atomic E-state index is -5.04. The molecule has 0 bridgehead atoms. The second kappa shape index (κ2) is 5.57. The van der Waals surface area contributed by atoms with Gasteiger partial charge in [-0.1, -0.05) is 0 Å². The second-order valence-corrected chi connectivity index (χ2v) is 6.01. The van der Waals surface area contributed by atoms with Crippen LogP contribution in [0.25, 0.3) is 0 Å². The molecule has 3 nitrogen and oxygen atoms in total. The zero-order chi connectivity index (χ0) is 15.0. The highest BCUT2D eigenvalue weighted by Crippen LogP contribution is 2.33. The topological polar surface area (TPSA) is 49.3 Å². The van der Waals surface area contributed by atoms with Crippen LogP contribution in [0.5, 0.6) is 0 Å². The Morgan fingerprint density at radius 2 is 1.95 bits per heavy atom. The number of alkyl halides is 3. The van der Waals surface area contributed by atoms with Gasteiger partial charge in [-0.25, -0.2) is 0 Å². The van der Waals surface area contributed by atoms with Gasteiger partial charge in [0.05, 0.1) is 0 Å². The van der Waals surface area contributed by atoms with Crippen molar-refractivity contribution in [2.45, 2.75) is 25.6 Å². The van der Waals surface area contributed by atoms with Crippen LogP contribution in [-0.4, -0.2) is 22.8 Å². The number of nitrogens with one attached hydrogen (secondary N) is 1. The molecule has 106 valence electrons. The van der Waals surface area contributed by atoms with Crippen LogP contribution < -0.4 is 5.32 Å². The number of hydrogen-bond donors (Lipinski definition) is 2. The maximum absolute atomic E-state index is 12.5. The highest BCUT2D eigenvalue weighted by Gasteiger charge is 2.55. The number of carbonyl (C=O) groups is 1. The van der Waals surface area contributed by atoms with Crippen LogP contribution in [0, 0.1) is 10.5 Å². The lowest BCUT2D eigenvalue weighted by atomic mass is 10.1. The predicted molar refractivity (Wildman–Crippen MR) is 76.9 cm³/mol. The van der Waals surface area contributed by atoms with E-state index in [2.05, 4.69) is 21.2 Å². The van der Waals surface area contributed by atoms with Crippen LogP contribution in [0.2, 0.25) is 0 Å². The van der Waals surface area contributed by atoms with Gasteiger partial charge in [-0.2, -0.15) is 13.2 Å². The molecule has 1 aromatic carbocycles. The summed E-state index contributed by atoms with van der Waals surface area (Å²) >= 11 is 5.31. The van der Waals surface area contributed by atoms with Gasteiger partial charge >= 0.3 is 6.18 Å². The summed E-state index contributed by atoms with van der Waals surface area (Å²) in [7, 11) is 0. The highest BCUT2D eigenvalue weighted by molar-refractivity contribution is 14.1. The summed E-state index contributed by atoms with van der Waals surface area (Å²) in [6.45, 7) is 2.06. The lowest BCUT2D eigenvalue weighted by Crippen LogP contribution is -2.52. The van der Waals surface area contributed by atoms with Crippen molar-refractivity contribution in [3.8, 4) is 0 Å². The Bertz CT molecular complexity index is 517. The quantitative estimate of drug-likeness (QED) is 0.675. The summed E-state index contributed by atoms with van der Waals surface area (Å²) in [6.07, 6.45) is -5.04. The van der Waals surface area contributed by atoms with Crippen molar-refractivity contribution in [3.05, 3.63) is 25.7 Å². The number of anilines is 1. The van der Waals surface area contributed by atoms with E-state index in [0.29, 0.717) is 17.0 Å². The Hall–Kier alpha value is -0.350. The van der Waals surface area contributed by atoms with Gasteiger partial charge in [0.15, 0.2) is 0 Å². The molecule has 0 fully saturated rings. The Morgan fingerprint density at radius 3 is 2.42 bits per heavy atom. The number of hydrogen-bond acceptors (Lipinski definition) is 2. The molecule has 0 aliphatic rings. The molecule has 0 aliphatic heterocycles. The number of halogens is 5. The van der Waals surface area contributed by atoms with E-state index >= 15 is 0 Å². The van der Waals surface area contributed by atoms with Crippen molar-refractivity contribution in [3.63, 3.8) is 0 Å². The van der Waals surface area contributed by atoms with Crippen molar-refractivity contribution < 1.29 is 23.1 Å². The molecule has 19 heavy (non-hydrogen) atoms. The van der Waals surface area contributed by atoms with Gasteiger partial charge in [-0.3, -0.25) is 4.79 Å². The molecule has 1 amide bonds. The average Bonchev–Trinajstić information content (AvgIpc) is 2.28. The van der Waals surface area contributed by atoms with E-state index in [4.69, 9.17) is 0 Å². The van der Waals surface area contributed by atoms with Crippen LogP contribution in [-0.2, 0) is 4.79 Å². The van der Waals surface area contributed by atoms with Crippen LogP contribution in [0.15, 0.2) is 16.6 Å². The first-order valence-corrected chi connectivity index (χ1v) is 6.91. The molecule has 0 aliphatic carbocycles. The minimum Gasteiger partial charge on any atom is -0.373 e. The first-order valence-electron chi connectivity index (χ1n) is 5.03. The first kappa shape index (κ1) is 16.7. The average molecular weight is 452 g/mol. The molecule has 0 radical (unpaired) electrons. The Morgan fingerprint density at radius 1 is 1.42 bits per heavy atom. The normalized spacial score (nSPS) is 14.9. The van der Waals surface area contributed by atoms with E-state index in [1.54, 1.807) is 13.0 Å². The Balaban J connectivity index is 3.05. The molecule has 1 rings (SSSR count). The third kappa shape index (κ3) is 3.40. The van der Waals surface area contributed by atoms with Crippen molar-refractivity contribution in [2.75, 3.05) is 5.32 Å². The minimum absolute atomic E-state index is 0.210. The number of rotatable bonds is 2. The molecule has 0 heterocycles. The van der Waals surface area contributed by atoms with Gasteiger partial charge in [0, 0.05) is 13.7 Å². The number of aliphatic hydroxyl groups is 1.